The molecule has 1 N–H and O–H groups in total. The van der Waals surface area contributed by atoms with E-state index in [2.05, 4.69) is 35.9 Å². The molecule has 4 nitrogen and oxygen atoms in total. The van der Waals surface area contributed by atoms with Gasteiger partial charge in [0, 0.05) is 38.8 Å². The van der Waals surface area contributed by atoms with E-state index < -0.39 is 0 Å². The molecule has 18 heavy (non-hydrogen) atoms. The second-order valence-electron chi connectivity index (χ2n) is 6.22. The number of carbonyl (C=O) groups is 1. The summed E-state index contributed by atoms with van der Waals surface area (Å²) in [5, 5.41) is 3.34. The van der Waals surface area contributed by atoms with Crippen molar-refractivity contribution in [3.63, 3.8) is 0 Å². The van der Waals surface area contributed by atoms with Crippen molar-refractivity contribution in [3.8, 4) is 0 Å². The van der Waals surface area contributed by atoms with Crippen LogP contribution in [0.2, 0.25) is 0 Å². The normalized spacial score (nSPS) is 30.1. The molecule has 0 spiro atoms. The second-order valence-corrected chi connectivity index (χ2v) is 6.22. The van der Waals surface area contributed by atoms with E-state index >= 15 is 0 Å². The van der Waals surface area contributed by atoms with Gasteiger partial charge in [0.1, 0.15) is 0 Å². The Morgan fingerprint density at radius 1 is 1.39 bits per heavy atom. The topological polar surface area (TPSA) is 35.6 Å². The lowest BCUT2D eigenvalue weighted by Gasteiger charge is -2.35. The molecule has 0 aromatic rings. The summed E-state index contributed by atoms with van der Waals surface area (Å²) in [6.07, 6.45) is 1.04. The van der Waals surface area contributed by atoms with Crippen LogP contribution in [-0.2, 0) is 4.79 Å². The molecule has 2 rings (SSSR count). The summed E-state index contributed by atoms with van der Waals surface area (Å²) in [7, 11) is 0. The van der Waals surface area contributed by atoms with Gasteiger partial charge >= 0.3 is 0 Å². The predicted octanol–water partition coefficient (Wildman–Crippen LogP) is 0.785. The molecule has 0 aromatic heterocycles. The molecule has 2 saturated heterocycles. The van der Waals surface area contributed by atoms with E-state index in [-0.39, 0.29) is 5.92 Å². The Kier molecular flexibility index (Phi) is 4.62. The molecule has 2 aliphatic heterocycles. The van der Waals surface area contributed by atoms with Crippen molar-refractivity contribution >= 4 is 5.91 Å². The maximum Gasteiger partial charge on any atom is 0.227 e. The van der Waals surface area contributed by atoms with Crippen LogP contribution in [0.25, 0.3) is 0 Å². The van der Waals surface area contributed by atoms with E-state index in [1.165, 1.54) is 0 Å². The maximum atomic E-state index is 12.5. The van der Waals surface area contributed by atoms with E-state index in [1.807, 2.05) is 0 Å². The van der Waals surface area contributed by atoms with Gasteiger partial charge in [0.05, 0.1) is 5.92 Å². The molecule has 4 heteroatoms. The van der Waals surface area contributed by atoms with Crippen LogP contribution >= 0.6 is 0 Å². The lowest BCUT2D eigenvalue weighted by Crippen LogP contribution is -2.54. The zero-order chi connectivity index (χ0) is 13.1. The van der Waals surface area contributed by atoms with Crippen LogP contribution in [0, 0.1) is 11.8 Å². The van der Waals surface area contributed by atoms with Gasteiger partial charge < -0.3 is 15.1 Å². The number of likely N-dealkylation sites (tertiary alicyclic amines) is 1. The van der Waals surface area contributed by atoms with Crippen molar-refractivity contribution in [1.29, 1.82) is 0 Å². The third-order valence-electron chi connectivity index (χ3n) is 4.03. The average Bonchev–Trinajstić information content (AvgIpc) is 2.76. The Bertz CT molecular complexity index is 293. The van der Waals surface area contributed by atoms with E-state index in [4.69, 9.17) is 0 Å². The Labute approximate surface area is 111 Å². The molecule has 2 fully saturated rings. The highest BCUT2D eigenvalue weighted by molar-refractivity contribution is 5.79. The highest BCUT2D eigenvalue weighted by Crippen LogP contribution is 2.21. The Morgan fingerprint density at radius 2 is 2.17 bits per heavy atom. The Morgan fingerprint density at radius 3 is 2.83 bits per heavy atom. The first-order valence-corrected chi connectivity index (χ1v) is 7.31. The van der Waals surface area contributed by atoms with E-state index in [0.717, 1.165) is 45.7 Å². The van der Waals surface area contributed by atoms with E-state index in [1.54, 1.807) is 0 Å². The van der Waals surface area contributed by atoms with E-state index in [9.17, 15) is 4.79 Å². The number of nitrogens with one attached hydrogen (secondary N) is 1. The van der Waals surface area contributed by atoms with Gasteiger partial charge in [0.2, 0.25) is 5.91 Å². The van der Waals surface area contributed by atoms with Crippen LogP contribution in [0.1, 0.15) is 27.2 Å². The average molecular weight is 253 g/mol. The van der Waals surface area contributed by atoms with Crippen LogP contribution in [0.15, 0.2) is 0 Å². The molecule has 0 radical (unpaired) electrons. The van der Waals surface area contributed by atoms with Crippen LogP contribution in [0.5, 0.6) is 0 Å². The second kappa shape index (κ2) is 6.02. The number of piperazine rings is 1. The molecule has 0 aromatic carbocycles. The van der Waals surface area contributed by atoms with Gasteiger partial charge in [-0.25, -0.2) is 0 Å². The lowest BCUT2D eigenvalue weighted by atomic mass is 10.1. The molecule has 2 aliphatic rings. The molecule has 0 bridgehead atoms. The zero-order valence-corrected chi connectivity index (χ0v) is 12.0. The van der Waals surface area contributed by atoms with Crippen LogP contribution < -0.4 is 5.32 Å². The van der Waals surface area contributed by atoms with Crippen LogP contribution in [0.3, 0.4) is 0 Å². The highest BCUT2D eigenvalue weighted by atomic mass is 16.2. The summed E-state index contributed by atoms with van der Waals surface area (Å²) in [4.78, 5) is 17.0. The predicted molar refractivity (Wildman–Crippen MR) is 73.4 cm³/mol. The highest BCUT2D eigenvalue weighted by Gasteiger charge is 2.33. The summed E-state index contributed by atoms with van der Waals surface area (Å²) in [5.74, 6) is 1.32. The third kappa shape index (κ3) is 3.23. The summed E-state index contributed by atoms with van der Waals surface area (Å²) >= 11 is 0. The van der Waals surface area contributed by atoms with E-state index in [0.29, 0.717) is 17.9 Å². The fourth-order valence-corrected chi connectivity index (χ4v) is 3.12. The SMILES string of the molecule is CC(C)CN1CC[C@H](C(=O)N2CCNC[C@@H]2C)C1. The quantitative estimate of drug-likeness (QED) is 0.807. The number of carbonyl (C=O) groups excluding carboxylic acids is 1. The molecule has 104 valence electrons. The van der Waals surface area contributed by atoms with Gasteiger partial charge in [0.15, 0.2) is 0 Å². The number of nitrogens with zero attached hydrogens (tertiary/aromatic N) is 2. The minimum atomic E-state index is 0.240. The van der Waals surface area contributed by atoms with Crippen LogP contribution in [0.4, 0.5) is 0 Å². The van der Waals surface area contributed by atoms with Crippen molar-refractivity contribution < 1.29 is 4.79 Å². The minimum Gasteiger partial charge on any atom is -0.337 e. The van der Waals surface area contributed by atoms with Crippen molar-refractivity contribution in [3.05, 3.63) is 0 Å². The summed E-state index contributed by atoms with van der Waals surface area (Å²) < 4.78 is 0. The minimum absolute atomic E-state index is 0.240. The molecule has 1 amide bonds. The number of rotatable bonds is 3. The number of hydrogen-bond acceptors (Lipinski definition) is 3. The van der Waals surface area contributed by atoms with Gasteiger partial charge in [-0.05, 0) is 25.8 Å². The summed E-state index contributed by atoms with van der Waals surface area (Å²) in [6, 6.07) is 0.352. The molecule has 2 heterocycles. The fraction of sp³-hybridized carbons (Fsp3) is 0.929. The fourth-order valence-electron chi connectivity index (χ4n) is 3.12. The standard InChI is InChI=1S/C14H27N3O/c1-11(2)9-16-6-4-13(10-16)14(18)17-7-5-15-8-12(17)3/h11-13,15H,4-10H2,1-3H3/t12-,13-/m0/s1. The first-order valence-electron chi connectivity index (χ1n) is 7.31. The summed E-state index contributed by atoms with van der Waals surface area (Å²) in [6.45, 7) is 12.6. The molecule has 0 unspecified atom stereocenters. The molecular weight excluding hydrogens is 226 g/mol. The summed E-state index contributed by atoms with van der Waals surface area (Å²) in [5.41, 5.74) is 0. The molecule has 2 atom stereocenters. The van der Waals surface area contributed by atoms with Crippen molar-refractivity contribution in [2.24, 2.45) is 11.8 Å². The molecule has 0 saturated carbocycles. The van der Waals surface area contributed by atoms with Gasteiger partial charge in [-0.1, -0.05) is 13.8 Å². The third-order valence-corrected chi connectivity index (χ3v) is 4.03. The Hall–Kier alpha value is -0.610. The monoisotopic (exact) mass is 253 g/mol. The van der Waals surface area contributed by atoms with Crippen molar-refractivity contribution in [2.45, 2.75) is 33.2 Å². The van der Waals surface area contributed by atoms with Crippen molar-refractivity contribution in [1.82, 2.24) is 15.1 Å². The lowest BCUT2D eigenvalue weighted by molar-refractivity contribution is -0.138. The van der Waals surface area contributed by atoms with Crippen molar-refractivity contribution in [2.75, 3.05) is 39.3 Å². The first kappa shape index (κ1) is 13.8. The van der Waals surface area contributed by atoms with Crippen LogP contribution in [-0.4, -0.2) is 61.0 Å². The maximum absolute atomic E-state index is 12.5. The first-order chi connectivity index (χ1) is 8.58. The van der Waals surface area contributed by atoms with Gasteiger partial charge in [0.25, 0.3) is 0 Å². The Balaban J connectivity index is 1.86. The molecular formula is C14H27N3O. The smallest absolute Gasteiger partial charge is 0.227 e. The number of hydrogen-bond donors (Lipinski definition) is 1. The zero-order valence-electron chi connectivity index (χ0n) is 12.0. The number of amides is 1. The molecule has 0 aliphatic carbocycles. The largest absolute Gasteiger partial charge is 0.337 e. The van der Waals surface area contributed by atoms with Gasteiger partial charge in [-0.2, -0.15) is 0 Å². The van der Waals surface area contributed by atoms with Gasteiger partial charge in [-0.3, -0.25) is 4.79 Å². The van der Waals surface area contributed by atoms with Gasteiger partial charge in [-0.15, -0.1) is 0 Å².